The SMILES string of the molecule is C[C@@H]1CC[C@H]2C(=O)N(c3ccc(O)cc3)C(=O)[C@@H]2C1. The summed E-state index contributed by atoms with van der Waals surface area (Å²) in [5.41, 5.74) is 0.565. The Bertz CT molecular complexity index is 523. The summed E-state index contributed by atoms with van der Waals surface area (Å²) < 4.78 is 0. The molecule has 1 aliphatic heterocycles. The Morgan fingerprint density at radius 3 is 2.37 bits per heavy atom. The number of fused-ring (bicyclic) bond motifs is 1. The number of imide groups is 1. The van der Waals surface area contributed by atoms with Gasteiger partial charge in [-0.05, 0) is 49.4 Å². The Hall–Kier alpha value is -1.84. The predicted octanol–water partition coefficient (Wildman–Crippen LogP) is 2.32. The van der Waals surface area contributed by atoms with Crippen LogP contribution in [0.1, 0.15) is 26.2 Å². The highest BCUT2D eigenvalue weighted by Gasteiger charge is 2.49. The number of benzene rings is 1. The third kappa shape index (κ3) is 1.91. The fourth-order valence-electron chi connectivity index (χ4n) is 3.25. The summed E-state index contributed by atoms with van der Waals surface area (Å²) in [7, 11) is 0. The van der Waals surface area contributed by atoms with E-state index in [4.69, 9.17) is 0 Å². The van der Waals surface area contributed by atoms with E-state index in [1.165, 1.54) is 17.0 Å². The summed E-state index contributed by atoms with van der Waals surface area (Å²) in [5.74, 6) is 0.203. The third-order valence-corrected chi connectivity index (χ3v) is 4.30. The van der Waals surface area contributed by atoms with Gasteiger partial charge in [0.15, 0.2) is 0 Å². The molecule has 1 saturated heterocycles. The molecule has 1 aromatic carbocycles. The molecule has 2 fully saturated rings. The molecule has 0 bridgehead atoms. The zero-order valence-corrected chi connectivity index (χ0v) is 10.9. The van der Waals surface area contributed by atoms with Crippen LogP contribution in [0, 0.1) is 17.8 Å². The lowest BCUT2D eigenvalue weighted by atomic mass is 9.76. The summed E-state index contributed by atoms with van der Waals surface area (Å²) in [5, 5.41) is 9.28. The lowest BCUT2D eigenvalue weighted by Gasteiger charge is -2.25. The molecule has 3 rings (SSSR count). The highest BCUT2D eigenvalue weighted by molar-refractivity contribution is 6.22. The van der Waals surface area contributed by atoms with Gasteiger partial charge in [0.05, 0.1) is 17.5 Å². The topological polar surface area (TPSA) is 57.6 Å². The van der Waals surface area contributed by atoms with Crippen LogP contribution in [0.25, 0.3) is 0 Å². The molecule has 1 heterocycles. The number of amides is 2. The summed E-state index contributed by atoms with van der Waals surface area (Å²) in [6, 6.07) is 6.23. The lowest BCUT2D eigenvalue weighted by molar-refractivity contribution is -0.122. The zero-order valence-electron chi connectivity index (χ0n) is 10.9. The minimum absolute atomic E-state index is 0.0763. The number of nitrogens with zero attached hydrogens (tertiary/aromatic N) is 1. The molecular formula is C15H17NO3. The zero-order chi connectivity index (χ0) is 13.6. The van der Waals surface area contributed by atoms with Crippen molar-refractivity contribution in [3.63, 3.8) is 0 Å². The molecule has 4 heteroatoms. The Labute approximate surface area is 112 Å². The number of carbonyl (C=O) groups is 2. The number of phenolic OH excluding ortho intramolecular Hbond substituents is 1. The number of aromatic hydroxyl groups is 1. The number of phenols is 1. The number of carbonyl (C=O) groups excluding carboxylic acids is 2. The number of rotatable bonds is 1. The molecule has 2 amide bonds. The molecule has 0 radical (unpaired) electrons. The first-order valence-corrected chi connectivity index (χ1v) is 6.75. The van der Waals surface area contributed by atoms with Gasteiger partial charge in [-0.2, -0.15) is 0 Å². The van der Waals surface area contributed by atoms with Crippen molar-refractivity contribution in [2.45, 2.75) is 26.2 Å². The van der Waals surface area contributed by atoms with E-state index in [1.807, 2.05) is 0 Å². The third-order valence-electron chi connectivity index (χ3n) is 4.30. The highest BCUT2D eigenvalue weighted by Crippen LogP contribution is 2.42. The van der Waals surface area contributed by atoms with Crippen LogP contribution in [0.3, 0.4) is 0 Å². The standard InChI is InChI=1S/C15H17NO3/c1-9-2-7-12-13(8-9)15(19)16(14(12)18)10-3-5-11(17)6-4-10/h3-6,9,12-13,17H,2,7-8H2,1H3/t9-,12-,13-/m1/s1. The maximum absolute atomic E-state index is 12.4. The summed E-state index contributed by atoms with van der Waals surface area (Å²) in [6.07, 6.45) is 2.64. The molecule has 4 nitrogen and oxygen atoms in total. The van der Waals surface area contributed by atoms with E-state index < -0.39 is 0 Å². The molecule has 1 aromatic rings. The maximum atomic E-state index is 12.4. The normalized spacial score (nSPS) is 30.6. The fourth-order valence-corrected chi connectivity index (χ4v) is 3.25. The van der Waals surface area contributed by atoms with Gasteiger partial charge >= 0.3 is 0 Å². The Morgan fingerprint density at radius 2 is 1.68 bits per heavy atom. The van der Waals surface area contributed by atoms with Gasteiger partial charge in [-0.15, -0.1) is 0 Å². The monoisotopic (exact) mass is 259 g/mol. The van der Waals surface area contributed by atoms with Gasteiger partial charge in [0.25, 0.3) is 0 Å². The lowest BCUT2D eigenvalue weighted by Crippen LogP contribution is -2.30. The molecule has 3 atom stereocenters. The summed E-state index contributed by atoms with van der Waals surface area (Å²) in [4.78, 5) is 26.1. The molecule has 100 valence electrons. The van der Waals surface area contributed by atoms with Crippen LogP contribution < -0.4 is 4.90 Å². The average molecular weight is 259 g/mol. The smallest absolute Gasteiger partial charge is 0.237 e. The van der Waals surface area contributed by atoms with E-state index in [-0.39, 0.29) is 29.4 Å². The van der Waals surface area contributed by atoms with Crippen molar-refractivity contribution >= 4 is 17.5 Å². The van der Waals surface area contributed by atoms with E-state index in [2.05, 4.69) is 6.92 Å². The van der Waals surface area contributed by atoms with Crippen molar-refractivity contribution in [2.75, 3.05) is 4.90 Å². The van der Waals surface area contributed by atoms with E-state index >= 15 is 0 Å². The van der Waals surface area contributed by atoms with Gasteiger partial charge in [0, 0.05) is 0 Å². The van der Waals surface area contributed by atoms with Gasteiger partial charge in [-0.3, -0.25) is 14.5 Å². The summed E-state index contributed by atoms with van der Waals surface area (Å²) >= 11 is 0. The first-order valence-electron chi connectivity index (χ1n) is 6.75. The highest BCUT2D eigenvalue weighted by atomic mass is 16.3. The minimum Gasteiger partial charge on any atom is -0.508 e. The fraction of sp³-hybridized carbons (Fsp3) is 0.467. The number of hydrogen-bond acceptors (Lipinski definition) is 3. The molecule has 0 unspecified atom stereocenters. The number of anilines is 1. The van der Waals surface area contributed by atoms with Gasteiger partial charge in [-0.25, -0.2) is 0 Å². The molecule has 0 aromatic heterocycles. The first-order chi connectivity index (χ1) is 9.08. The number of hydrogen-bond donors (Lipinski definition) is 1. The van der Waals surface area contributed by atoms with Crippen molar-refractivity contribution in [2.24, 2.45) is 17.8 Å². The van der Waals surface area contributed by atoms with Crippen LogP contribution in [-0.4, -0.2) is 16.9 Å². The van der Waals surface area contributed by atoms with E-state index in [0.29, 0.717) is 11.6 Å². The maximum Gasteiger partial charge on any atom is 0.237 e. The van der Waals surface area contributed by atoms with Crippen LogP contribution in [-0.2, 0) is 9.59 Å². The molecule has 0 spiro atoms. The van der Waals surface area contributed by atoms with E-state index in [1.54, 1.807) is 12.1 Å². The van der Waals surface area contributed by atoms with Crippen LogP contribution in [0.2, 0.25) is 0 Å². The molecule has 19 heavy (non-hydrogen) atoms. The van der Waals surface area contributed by atoms with Crippen LogP contribution in [0.15, 0.2) is 24.3 Å². The van der Waals surface area contributed by atoms with Gasteiger partial charge in [0.2, 0.25) is 11.8 Å². The van der Waals surface area contributed by atoms with E-state index in [9.17, 15) is 14.7 Å². The quantitative estimate of drug-likeness (QED) is 0.787. The molecule has 1 N–H and O–H groups in total. The van der Waals surface area contributed by atoms with Gasteiger partial charge in [0.1, 0.15) is 5.75 Å². The van der Waals surface area contributed by atoms with Crippen LogP contribution in [0.5, 0.6) is 5.75 Å². The van der Waals surface area contributed by atoms with Crippen molar-refractivity contribution in [1.29, 1.82) is 0 Å². The van der Waals surface area contributed by atoms with Crippen LogP contribution in [0.4, 0.5) is 5.69 Å². The molecular weight excluding hydrogens is 242 g/mol. The summed E-state index contributed by atoms with van der Waals surface area (Å²) in [6.45, 7) is 2.14. The van der Waals surface area contributed by atoms with Gasteiger partial charge < -0.3 is 5.11 Å². The Kier molecular flexibility index (Phi) is 2.81. The average Bonchev–Trinajstić information content (AvgIpc) is 2.63. The van der Waals surface area contributed by atoms with Crippen molar-refractivity contribution in [3.8, 4) is 5.75 Å². The molecule has 1 saturated carbocycles. The molecule has 1 aliphatic carbocycles. The predicted molar refractivity (Wildman–Crippen MR) is 70.6 cm³/mol. The Morgan fingerprint density at radius 1 is 1.05 bits per heavy atom. The second kappa shape index (κ2) is 4.37. The molecule has 2 aliphatic rings. The Balaban J connectivity index is 1.93. The van der Waals surface area contributed by atoms with Crippen LogP contribution >= 0.6 is 0 Å². The second-order valence-electron chi connectivity index (χ2n) is 5.66. The van der Waals surface area contributed by atoms with Crippen molar-refractivity contribution in [3.05, 3.63) is 24.3 Å². The second-order valence-corrected chi connectivity index (χ2v) is 5.66. The van der Waals surface area contributed by atoms with E-state index in [0.717, 1.165) is 19.3 Å². The van der Waals surface area contributed by atoms with Crippen molar-refractivity contribution < 1.29 is 14.7 Å². The minimum atomic E-state index is -0.148. The largest absolute Gasteiger partial charge is 0.508 e. The van der Waals surface area contributed by atoms with Gasteiger partial charge in [-0.1, -0.05) is 6.92 Å². The first kappa shape index (κ1) is 12.2. The van der Waals surface area contributed by atoms with Crippen molar-refractivity contribution in [1.82, 2.24) is 0 Å².